The predicted molar refractivity (Wildman–Crippen MR) is 72.5 cm³/mol. The summed E-state index contributed by atoms with van der Waals surface area (Å²) in [5, 5.41) is 13.0. The van der Waals surface area contributed by atoms with E-state index in [0.717, 1.165) is 31.3 Å². The van der Waals surface area contributed by atoms with E-state index in [2.05, 4.69) is 10.2 Å². The molecular weight excluding hydrogens is 243 g/mol. The molecule has 0 spiro atoms. The van der Waals surface area contributed by atoms with Crippen LogP contribution < -0.4 is 5.32 Å². The van der Waals surface area contributed by atoms with Crippen LogP contribution >= 0.6 is 0 Å². The van der Waals surface area contributed by atoms with Crippen molar-refractivity contribution in [2.24, 2.45) is 0 Å². The number of rotatable bonds is 3. The molecule has 0 aliphatic carbocycles. The summed E-state index contributed by atoms with van der Waals surface area (Å²) in [6.45, 7) is 2.92. The Labute approximate surface area is 113 Å². The zero-order valence-electron chi connectivity index (χ0n) is 11.1. The maximum atomic E-state index is 13.3. The monoisotopic (exact) mass is 264 g/mol. The molecule has 0 radical (unpaired) electrons. The summed E-state index contributed by atoms with van der Waals surface area (Å²) in [6, 6.07) is 5.50. The molecule has 2 N–H and O–H groups in total. The van der Waals surface area contributed by atoms with Gasteiger partial charge in [0.05, 0.1) is 0 Å². The molecule has 0 amide bonds. The lowest BCUT2D eigenvalue weighted by Gasteiger charge is -2.29. The number of likely N-dealkylation sites (tertiary alicyclic amines) is 1. The fourth-order valence-electron chi connectivity index (χ4n) is 3.50. The van der Waals surface area contributed by atoms with Crippen LogP contribution in [0.2, 0.25) is 0 Å². The molecule has 0 aromatic heterocycles. The fourth-order valence-corrected chi connectivity index (χ4v) is 3.50. The first-order valence-corrected chi connectivity index (χ1v) is 7.18. The van der Waals surface area contributed by atoms with Gasteiger partial charge in [-0.3, -0.25) is 4.90 Å². The Kier molecular flexibility index (Phi) is 3.71. The summed E-state index contributed by atoms with van der Waals surface area (Å²) in [5.74, 6) is -0.338. The van der Waals surface area contributed by atoms with Crippen molar-refractivity contribution < 1.29 is 9.50 Å². The van der Waals surface area contributed by atoms with Crippen molar-refractivity contribution in [3.05, 3.63) is 29.6 Å². The van der Waals surface area contributed by atoms with E-state index >= 15 is 0 Å². The Bertz CT molecular complexity index is 426. The van der Waals surface area contributed by atoms with Crippen molar-refractivity contribution in [1.29, 1.82) is 0 Å². The molecular formula is C15H21FN2O. The number of nitrogens with one attached hydrogen (secondary N) is 1. The van der Waals surface area contributed by atoms with Gasteiger partial charge in [-0.1, -0.05) is 0 Å². The molecule has 2 unspecified atom stereocenters. The minimum Gasteiger partial charge on any atom is -0.508 e. The molecule has 1 aromatic rings. The van der Waals surface area contributed by atoms with Crippen LogP contribution in [0.15, 0.2) is 18.2 Å². The molecule has 3 nitrogen and oxygen atoms in total. The van der Waals surface area contributed by atoms with E-state index in [-0.39, 0.29) is 11.6 Å². The topological polar surface area (TPSA) is 35.5 Å². The molecule has 2 aliphatic rings. The van der Waals surface area contributed by atoms with Crippen LogP contribution in [-0.4, -0.2) is 35.2 Å². The highest BCUT2D eigenvalue weighted by molar-refractivity contribution is 5.28. The van der Waals surface area contributed by atoms with E-state index < -0.39 is 0 Å². The summed E-state index contributed by atoms with van der Waals surface area (Å²) in [7, 11) is 0. The first-order chi connectivity index (χ1) is 9.22. The number of phenols is 1. The Balaban J connectivity index is 1.70. The van der Waals surface area contributed by atoms with Crippen LogP contribution in [-0.2, 0) is 6.54 Å². The highest BCUT2D eigenvalue weighted by Gasteiger charge is 2.32. The Morgan fingerprint density at radius 3 is 2.89 bits per heavy atom. The minimum atomic E-state index is -0.357. The van der Waals surface area contributed by atoms with Crippen molar-refractivity contribution in [2.45, 2.75) is 44.3 Å². The van der Waals surface area contributed by atoms with Gasteiger partial charge in [0.1, 0.15) is 11.6 Å². The molecule has 1 aromatic carbocycles. The maximum Gasteiger partial charge on any atom is 0.127 e. The van der Waals surface area contributed by atoms with E-state index in [1.807, 2.05) is 0 Å². The summed E-state index contributed by atoms with van der Waals surface area (Å²) < 4.78 is 13.3. The summed E-state index contributed by atoms with van der Waals surface area (Å²) in [4.78, 5) is 2.43. The van der Waals surface area contributed by atoms with E-state index in [9.17, 15) is 9.50 Å². The van der Waals surface area contributed by atoms with Gasteiger partial charge in [0.15, 0.2) is 0 Å². The third kappa shape index (κ3) is 2.90. The number of aromatic hydroxyl groups is 1. The second-order valence-electron chi connectivity index (χ2n) is 5.70. The van der Waals surface area contributed by atoms with Crippen LogP contribution in [0.4, 0.5) is 4.39 Å². The first-order valence-electron chi connectivity index (χ1n) is 7.18. The zero-order chi connectivity index (χ0) is 13.2. The van der Waals surface area contributed by atoms with E-state index in [1.165, 1.54) is 31.7 Å². The van der Waals surface area contributed by atoms with Crippen molar-refractivity contribution in [3.8, 4) is 5.75 Å². The van der Waals surface area contributed by atoms with Crippen LogP contribution in [0.3, 0.4) is 0 Å². The number of phenolic OH excluding ortho intramolecular Hbond substituents is 1. The summed E-state index contributed by atoms with van der Waals surface area (Å²) in [6.07, 6.45) is 4.94. The molecule has 4 heteroatoms. The van der Waals surface area contributed by atoms with Crippen LogP contribution in [0.25, 0.3) is 0 Å². The van der Waals surface area contributed by atoms with Gasteiger partial charge in [0, 0.05) is 24.7 Å². The van der Waals surface area contributed by atoms with Gasteiger partial charge in [0.25, 0.3) is 0 Å². The van der Waals surface area contributed by atoms with Crippen LogP contribution in [0.1, 0.15) is 31.2 Å². The largest absolute Gasteiger partial charge is 0.508 e. The van der Waals surface area contributed by atoms with Crippen LogP contribution in [0.5, 0.6) is 5.75 Å². The highest BCUT2D eigenvalue weighted by atomic mass is 19.1. The quantitative estimate of drug-likeness (QED) is 0.879. The standard InChI is InChI=1S/C15H21FN2O/c16-12-7-11(8-13(19)9-12)10-18-6-2-4-15(18)14-3-1-5-17-14/h7-9,14-15,17,19H,1-6,10H2. The number of halogens is 1. The molecule has 2 atom stereocenters. The number of hydrogen-bond donors (Lipinski definition) is 2. The molecule has 19 heavy (non-hydrogen) atoms. The van der Waals surface area contributed by atoms with Gasteiger partial charge in [0.2, 0.25) is 0 Å². The smallest absolute Gasteiger partial charge is 0.127 e. The third-order valence-electron chi connectivity index (χ3n) is 4.31. The van der Waals surface area contributed by atoms with Crippen molar-refractivity contribution in [2.75, 3.05) is 13.1 Å². The van der Waals surface area contributed by atoms with Gasteiger partial charge in [-0.05, 0) is 56.5 Å². The second-order valence-corrected chi connectivity index (χ2v) is 5.70. The molecule has 3 rings (SSSR count). The second kappa shape index (κ2) is 5.47. The molecule has 2 heterocycles. The van der Waals surface area contributed by atoms with Gasteiger partial charge >= 0.3 is 0 Å². The summed E-state index contributed by atoms with van der Waals surface area (Å²) >= 11 is 0. The Hall–Kier alpha value is -1.13. The molecule has 2 aliphatic heterocycles. The Morgan fingerprint density at radius 1 is 1.26 bits per heavy atom. The third-order valence-corrected chi connectivity index (χ3v) is 4.31. The average molecular weight is 264 g/mol. The lowest BCUT2D eigenvalue weighted by molar-refractivity contribution is 0.206. The molecule has 2 saturated heterocycles. The number of hydrogen-bond acceptors (Lipinski definition) is 3. The van der Waals surface area contributed by atoms with Gasteiger partial charge in [-0.2, -0.15) is 0 Å². The van der Waals surface area contributed by atoms with Gasteiger partial charge < -0.3 is 10.4 Å². The number of nitrogens with zero attached hydrogens (tertiary/aromatic N) is 1. The van der Waals surface area contributed by atoms with Gasteiger partial charge in [-0.25, -0.2) is 4.39 Å². The normalized spacial score (nSPS) is 28.1. The minimum absolute atomic E-state index is 0.0183. The lowest BCUT2D eigenvalue weighted by atomic mass is 10.0. The van der Waals surface area contributed by atoms with E-state index in [0.29, 0.717) is 12.1 Å². The SMILES string of the molecule is Oc1cc(F)cc(CN2CCCC2C2CCCN2)c1. The highest BCUT2D eigenvalue weighted by Crippen LogP contribution is 2.27. The van der Waals surface area contributed by atoms with E-state index in [1.54, 1.807) is 6.07 Å². The summed E-state index contributed by atoms with van der Waals surface area (Å²) in [5.41, 5.74) is 0.863. The molecule has 0 saturated carbocycles. The first kappa shape index (κ1) is 12.9. The lowest BCUT2D eigenvalue weighted by Crippen LogP contribution is -2.43. The fraction of sp³-hybridized carbons (Fsp3) is 0.600. The maximum absolute atomic E-state index is 13.3. The van der Waals surface area contributed by atoms with Crippen molar-refractivity contribution in [3.63, 3.8) is 0 Å². The van der Waals surface area contributed by atoms with Crippen molar-refractivity contribution >= 4 is 0 Å². The molecule has 104 valence electrons. The van der Waals surface area contributed by atoms with Gasteiger partial charge in [-0.15, -0.1) is 0 Å². The van der Waals surface area contributed by atoms with E-state index in [4.69, 9.17) is 0 Å². The predicted octanol–water partition coefficient (Wildman–Crippen LogP) is 2.25. The molecule has 2 fully saturated rings. The Morgan fingerprint density at radius 2 is 2.16 bits per heavy atom. The zero-order valence-corrected chi connectivity index (χ0v) is 11.1. The van der Waals surface area contributed by atoms with Crippen molar-refractivity contribution in [1.82, 2.24) is 10.2 Å². The molecule has 0 bridgehead atoms. The number of benzene rings is 1. The average Bonchev–Trinajstić information content (AvgIpc) is 2.96. The van der Waals surface area contributed by atoms with Crippen LogP contribution in [0, 0.1) is 5.82 Å².